The number of hydrogen-bond acceptors (Lipinski definition) is 6. The molecule has 0 fully saturated rings. The Kier molecular flexibility index (Phi) is 12.0. The number of amides is 2. The van der Waals surface area contributed by atoms with Crippen LogP contribution in [0.25, 0.3) is 0 Å². The first-order chi connectivity index (χ1) is 22.7. The summed E-state index contributed by atoms with van der Waals surface area (Å²) in [6.07, 6.45) is 0.146. The molecule has 4 rings (SSSR count). The monoisotopic (exact) mass is 711 g/mol. The van der Waals surface area contributed by atoms with Crippen LogP contribution in [0.15, 0.2) is 102 Å². The van der Waals surface area contributed by atoms with Crippen LogP contribution < -0.4 is 19.1 Å². The second kappa shape index (κ2) is 15.8. The van der Waals surface area contributed by atoms with Crippen LogP contribution in [0, 0.1) is 0 Å². The molecule has 0 aliphatic rings. The minimum Gasteiger partial charge on any atom is -0.497 e. The molecule has 9 nitrogen and oxygen atoms in total. The zero-order valence-corrected chi connectivity index (χ0v) is 29.8. The number of ether oxygens (including phenoxy) is 2. The third-order valence-electron chi connectivity index (χ3n) is 7.39. The van der Waals surface area contributed by atoms with E-state index >= 15 is 0 Å². The Morgan fingerprint density at radius 2 is 1.50 bits per heavy atom. The van der Waals surface area contributed by atoms with Gasteiger partial charge in [0.25, 0.3) is 10.0 Å². The first-order valence-corrected chi connectivity index (χ1v) is 17.3. The van der Waals surface area contributed by atoms with Gasteiger partial charge in [-0.25, -0.2) is 8.42 Å². The topological polar surface area (TPSA) is 105 Å². The maximum Gasteiger partial charge on any atom is 0.264 e. The fourth-order valence-corrected chi connectivity index (χ4v) is 6.97. The van der Waals surface area contributed by atoms with Crippen molar-refractivity contribution < 1.29 is 27.5 Å². The molecule has 0 radical (unpaired) electrons. The van der Waals surface area contributed by atoms with E-state index < -0.39 is 40.0 Å². The van der Waals surface area contributed by atoms with Crippen LogP contribution in [0.4, 0.5) is 5.69 Å². The molecule has 0 bridgehead atoms. The number of nitrogens with zero attached hydrogens (tertiary/aromatic N) is 2. The Balaban J connectivity index is 1.89. The SMILES string of the molecule is COc1ccc(OC)c(N(CC(=O)N(Cc2ccc(Cl)cc2Cl)[C@H](Cc2ccccc2)C(=O)NC(C)(C)C)S(=O)(=O)c2ccccc2)c1. The smallest absolute Gasteiger partial charge is 0.264 e. The van der Waals surface area contributed by atoms with Crippen molar-refractivity contribution in [2.24, 2.45) is 0 Å². The number of carbonyl (C=O) groups excluding carboxylic acids is 2. The first-order valence-electron chi connectivity index (χ1n) is 15.1. The number of benzene rings is 4. The summed E-state index contributed by atoms with van der Waals surface area (Å²) in [6, 6.07) is 25.5. The fourth-order valence-electron chi connectivity index (χ4n) is 5.06. The van der Waals surface area contributed by atoms with Gasteiger partial charge in [0.2, 0.25) is 11.8 Å². The molecule has 0 saturated heterocycles. The van der Waals surface area contributed by atoms with Crippen molar-refractivity contribution in [2.45, 2.75) is 50.2 Å². The predicted molar refractivity (Wildman–Crippen MR) is 189 cm³/mol. The van der Waals surface area contributed by atoms with E-state index in [4.69, 9.17) is 32.7 Å². The van der Waals surface area contributed by atoms with Gasteiger partial charge in [0.05, 0.1) is 24.8 Å². The highest BCUT2D eigenvalue weighted by molar-refractivity contribution is 7.92. The largest absolute Gasteiger partial charge is 0.497 e. The van der Waals surface area contributed by atoms with Gasteiger partial charge >= 0.3 is 0 Å². The van der Waals surface area contributed by atoms with E-state index in [1.54, 1.807) is 48.5 Å². The van der Waals surface area contributed by atoms with Gasteiger partial charge in [0.1, 0.15) is 24.1 Å². The lowest BCUT2D eigenvalue weighted by molar-refractivity contribution is -0.140. The molecular weight excluding hydrogens is 673 g/mol. The number of nitrogens with one attached hydrogen (secondary N) is 1. The lowest BCUT2D eigenvalue weighted by Gasteiger charge is -2.35. The number of sulfonamides is 1. The molecule has 0 aliphatic heterocycles. The van der Waals surface area contributed by atoms with E-state index in [0.717, 1.165) is 9.87 Å². The molecule has 12 heteroatoms. The van der Waals surface area contributed by atoms with Gasteiger partial charge in [-0.3, -0.25) is 13.9 Å². The van der Waals surface area contributed by atoms with Crippen LogP contribution in [0.3, 0.4) is 0 Å². The molecule has 0 spiro atoms. The van der Waals surface area contributed by atoms with Gasteiger partial charge in [-0.2, -0.15) is 0 Å². The predicted octanol–water partition coefficient (Wildman–Crippen LogP) is 6.76. The van der Waals surface area contributed by atoms with Gasteiger partial charge in [0.15, 0.2) is 0 Å². The minimum atomic E-state index is -4.35. The van der Waals surface area contributed by atoms with E-state index in [0.29, 0.717) is 21.4 Å². The first kappa shape index (κ1) is 36.6. The number of halogens is 2. The van der Waals surface area contributed by atoms with Gasteiger partial charge < -0.3 is 19.7 Å². The maximum absolute atomic E-state index is 14.7. The molecule has 0 unspecified atom stereocenters. The summed E-state index contributed by atoms with van der Waals surface area (Å²) in [5.74, 6) is -0.527. The highest BCUT2D eigenvalue weighted by Crippen LogP contribution is 2.36. The van der Waals surface area contributed by atoms with E-state index in [2.05, 4.69) is 5.32 Å². The number of anilines is 1. The van der Waals surface area contributed by atoms with Crippen LogP contribution in [0.5, 0.6) is 11.5 Å². The fraction of sp³-hybridized carbons (Fsp3) is 0.278. The minimum absolute atomic E-state index is 0.0405. The third-order valence-corrected chi connectivity index (χ3v) is 9.75. The summed E-state index contributed by atoms with van der Waals surface area (Å²) in [5, 5.41) is 3.69. The quantitative estimate of drug-likeness (QED) is 0.164. The van der Waals surface area contributed by atoms with Gasteiger partial charge in [-0.1, -0.05) is 77.8 Å². The third kappa shape index (κ3) is 9.21. The maximum atomic E-state index is 14.7. The van der Waals surface area contributed by atoms with E-state index in [9.17, 15) is 18.0 Å². The van der Waals surface area contributed by atoms with E-state index in [-0.39, 0.29) is 29.3 Å². The summed E-state index contributed by atoms with van der Waals surface area (Å²) < 4.78 is 40.6. The van der Waals surface area contributed by atoms with E-state index in [1.807, 2.05) is 51.1 Å². The molecule has 4 aromatic carbocycles. The summed E-state index contributed by atoms with van der Waals surface area (Å²) in [7, 11) is -1.50. The summed E-state index contributed by atoms with van der Waals surface area (Å²) >= 11 is 12.8. The van der Waals surface area contributed by atoms with Crippen molar-refractivity contribution in [2.75, 3.05) is 25.1 Å². The van der Waals surface area contributed by atoms with Crippen molar-refractivity contribution in [3.8, 4) is 11.5 Å². The van der Waals surface area contributed by atoms with Gasteiger partial charge in [-0.15, -0.1) is 0 Å². The molecule has 0 saturated carbocycles. The summed E-state index contributed by atoms with van der Waals surface area (Å²) in [6.45, 7) is 4.74. The lowest BCUT2D eigenvalue weighted by atomic mass is 10.0. The second-order valence-electron chi connectivity index (χ2n) is 12.1. The highest BCUT2D eigenvalue weighted by atomic mass is 35.5. The number of carbonyl (C=O) groups is 2. The Morgan fingerprint density at radius 1 is 0.854 bits per heavy atom. The second-order valence-corrected chi connectivity index (χ2v) is 14.8. The Morgan fingerprint density at radius 3 is 2.08 bits per heavy atom. The molecule has 1 atom stereocenters. The zero-order chi connectivity index (χ0) is 35.1. The standard InChI is InChI=1S/C36H39Cl2N3O6S/c1-36(2,3)39-35(43)32(20-25-12-8-6-9-13-25)40(23-26-16-17-27(37)21-30(26)38)34(42)24-41(48(44,45)29-14-10-7-11-15-29)31-22-28(46-4)18-19-33(31)47-5/h6-19,21-22,32H,20,23-24H2,1-5H3,(H,39,43)/t32-/m1/s1. The summed E-state index contributed by atoms with van der Waals surface area (Å²) in [5.41, 5.74) is 0.773. The molecule has 254 valence electrons. The van der Waals surface area contributed by atoms with Crippen LogP contribution in [0.1, 0.15) is 31.9 Å². The molecule has 4 aromatic rings. The van der Waals surface area contributed by atoms with Gasteiger partial charge in [0, 0.05) is 34.6 Å². The molecule has 1 N–H and O–H groups in total. The van der Waals surface area contributed by atoms with Crippen molar-refractivity contribution in [3.05, 3.63) is 118 Å². The molecule has 48 heavy (non-hydrogen) atoms. The van der Waals surface area contributed by atoms with Crippen LogP contribution in [-0.2, 0) is 32.6 Å². The zero-order valence-electron chi connectivity index (χ0n) is 27.4. The van der Waals surface area contributed by atoms with E-state index in [1.165, 1.54) is 37.3 Å². The Hall–Kier alpha value is -4.25. The van der Waals surface area contributed by atoms with Crippen molar-refractivity contribution in [3.63, 3.8) is 0 Å². The number of methoxy groups -OCH3 is 2. The van der Waals surface area contributed by atoms with Crippen LogP contribution in [-0.4, -0.2) is 57.5 Å². The molecular formula is C36H39Cl2N3O6S. The Bertz CT molecular complexity index is 1830. The molecule has 0 aliphatic carbocycles. The highest BCUT2D eigenvalue weighted by Gasteiger charge is 2.36. The number of hydrogen-bond donors (Lipinski definition) is 1. The van der Waals surface area contributed by atoms with Crippen molar-refractivity contribution in [1.82, 2.24) is 10.2 Å². The normalized spacial score (nSPS) is 12.1. The average molecular weight is 713 g/mol. The van der Waals surface area contributed by atoms with Crippen molar-refractivity contribution >= 4 is 50.7 Å². The average Bonchev–Trinajstić information content (AvgIpc) is 3.05. The van der Waals surface area contributed by atoms with Crippen LogP contribution in [0.2, 0.25) is 10.0 Å². The molecule has 0 aromatic heterocycles. The number of rotatable bonds is 13. The van der Waals surface area contributed by atoms with Gasteiger partial charge in [-0.05, 0) is 68.3 Å². The Labute approximate surface area is 292 Å². The molecule has 2 amide bonds. The lowest BCUT2D eigenvalue weighted by Crippen LogP contribution is -2.56. The molecule has 0 heterocycles. The van der Waals surface area contributed by atoms with Crippen LogP contribution >= 0.6 is 23.2 Å². The summed E-state index contributed by atoms with van der Waals surface area (Å²) in [4.78, 5) is 30.1. The van der Waals surface area contributed by atoms with Crippen molar-refractivity contribution in [1.29, 1.82) is 0 Å².